The molecule has 156 valence electrons. The molecule has 6 nitrogen and oxygen atoms in total. The molecule has 2 aromatic rings. The molecule has 0 aliphatic rings. The smallest absolute Gasteiger partial charge is 0.316 e. The number of hydrogen-bond donors (Lipinski definition) is 2. The number of ether oxygens (including phenoxy) is 2. The maximum atomic E-state index is 12.3. The first-order valence-electron chi connectivity index (χ1n) is 8.22. The lowest BCUT2D eigenvalue weighted by Crippen LogP contribution is -2.20. The van der Waals surface area contributed by atoms with Crippen LogP contribution in [0.4, 0.5) is 0 Å². The van der Waals surface area contributed by atoms with Crippen molar-refractivity contribution >= 4 is 102 Å². The van der Waals surface area contributed by atoms with Gasteiger partial charge in [-0.15, -0.1) is 0 Å². The van der Waals surface area contributed by atoms with Gasteiger partial charge in [0.15, 0.2) is 0 Å². The van der Waals surface area contributed by atoms with Crippen LogP contribution in [0.3, 0.4) is 0 Å². The Kier molecular flexibility index (Phi) is 9.52. The fourth-order valence-electron chi connectivity index (χ4n) is 2.34. The van der Waals surface area contributed by atoms with Gasteiger partial charge >= 0.3 is 11.9 Å². The summed E-state index contributed by atoms with van der Waals surface area (Å²) in [6.07, 6.45) is 0. The second-order valence-corrected chi connectivity index (χ2v) is 10.8. The summed E-state index contributed by atoms with van der Waals surface area (Å²) in [6, 6.07) is 6.86. The van der Waals surface area contributed by atoms with Gasteiger partial charge in [-0.3, -0.25) is 9.59 Å². The van der Waals surface area contributed by atoms with Gasteiger partial charge in [0.2, 0.25) is 6.79 Å². The van der Waals surface area contributed by atoms with E-state index in [9.17, 15) is 19.8 Å². The number of rotatable bonds is 6. The molecule has 0 aromatic heterocycles. The van der Waals surface area contributed by atoms with Gasteiger partial charge in [-0.1, -0.05) is 0 Å². The molecular formula is C19H16I4O6. The normalized spacial score (nSPS) is 12.9. The van der Waals surface area contributed by atoms with Crippen LogP contribution in [0.15, 0.2) is 24.3 Å². The molecule has 0 heterocycles. The highest BCUT2D eigenvalue weighted by atomic mass is 127. The number of aromatic hydroxyl groups is 2. The first-order chi connectivity index (χ1) is 13.5. The highest BCUT2D eigenvalue weighted by molar-refractivity contribution is 14.1. The Morgan fingerprint density at radius 3 is 1.31 bits per heavy atom. The predicted octanol–water partition coefficient (Wildman–Crippen LogP) is 5.47. The molecule has 2 aromatic carbocycles. The molecule has 0 radical (unpaired) electrons. The highest BCUT2D eigenvalue weighted by Crippen LogP contribution is 2.32. The van der Waals surface area contributed by atoms with E-state index >= 15 is 0 Å². The lowest BCUT2D eigenvalue weighted by atomic mass is 10.0. The Morgan fingerprint density at radius 2 is 1.03 bits per heavy atom. The fraction of sp³-hybridized carbons (Fsp3) is 0.263. The quantitative estimate of drug-likeness (QED) is 0.228. The van der Waals surface area contributed by atoms with Crippen molar-refractivity contribution in [1.82, 2.24) is 0 Å². The third-order valence-electron chi connectivity index (χ3n) is 4.19. The molecular weight excluding hydrogens is 832 g/mol. The summed E-state index contributed by atoms with van der Waals surface area (Å²) in [7, 11) is 0. The van der Waals surface area contributed by atoms with E-state index in [1.54, 1.807) is 38.1 Å². The van der Waals surface area contributed by atoms with Crippen molar-refractivity contribution in [1.29, 1.82) is 0 Å². The predicted molar refractivity (Wildman–Crippen MR) is 141 cm³/mol. The Hall–Kier alpha value is -0.1000. The Bertz CT molecular complexity index is 825. The zero-order valence-corrected chi connectivity index (χ0v) is 23.8. The minimum absolute atomic E-state index is 0.178. The lowest BCUT2D eigenvalue weighted by Gasteiger charge is -2.16. The number of phenolic OH excluding ortho intramolecular Hbond substituents is 2. The van der Waals surface area contributed by atoms with Crippen molar-refractivity contribution in [2.75, 3.05) is 6.79 Å². The molecule has 0 amide bonds. The molecule has 2 atom stereocenters. The number of carbonyl (C=O) groups is 2. The maximum absolute atomic E-state index is 12.3. The first kappa shape index (κ1) is 25.2. The SMILES string of the molecule is CC(C(=O)OCOC(=O)C(C)c1cc(I)c(O)c(I)c1)c1cc(I)c(O)c(I)c1. The number of halogens is 4. The summed E-state index contributed by atoms with van der Waals surface area (Å²) in [4.78, 5) is 24.6. The first-order valence-corrected chi connectivity index (χ1v) is 12.5. The summed E-state index contributed by atoms with van der Waals surface area (Å²) in [5, 5.41) is 19.7. The minimum atomic E-state index is -0.575. The Labute approximate surface area is 222 Å². The van der Waals surface area contributed by atoms with Gasteiger partial charge in [-0.05, 0) is 140 Å². The van der Waals surface area contributed by atoms with Gasteiger partial charge in [0.25, 0.3) is 0 Å². The van der Waals surface area contributed by atoms with Crippen LogP contribution < -0.4 is 0 Å². The molecule has 0 fully saturated rings. The van der Waals surface area contributed by atoms with Gasteiger partial charge < -0.3 is 19.7 Å². The van der Waals surface area contributed by atoms with E-state index in [0.717, 1.165) is 0 Å². The molecule has 2 N–H and O–H groups in total. The maximum Gasteiger partial charge on any atom is 0.316 e. The van der Waals surface area contributed by atoms with Crippen molar-refractivity contribution < 1.29 is 29.3 Å². The van der Waals surface area contributed by atoms with Crippen LogP contribution in [-0.4, -0.2) is 28.9 Å². The molecule has 0 aliphatic carbocycles. The van der Waals surface area contributed by atoms with Crippen LogP contribution >= 0.6 is 90.4 Å². The monoisotopic (exact) mass is 848 g/mol. The Balaban J connectivity index is 1.95. The number of esters is 2. The van der Waals surface area contributed by atoms with Crippen LogP contribution in [0.25, 0.3) is 0 Å². The zero-order valence-electron chi connectivity index (χ0n) is 15.2. The van der Waals surface area contributed by atoms with Crippen molar-refractivity contribution in [2.24, 2.45) is 0 Å². The van der Waals surface area contributed by atoms with E-state index in [2.05, 4.69) is 0 Å². The lowest BCUT2D eigenvalue weighted by molar-refractivity contribution is -0.168. The number of benzene rings is 2. The zero-order chi connectivity index (χ0) is 21.9. The third kappa shape index (κ3) is 6.44. The van der Waals surface area contributed by atoms with Crippen LogP contribution in [0, 0.1) is 14.3 Å². The summed E-state index contributed by atoms with van der Waals surface area (Å²) >= 11 is 7.98. The topological polar surface area (TPSA) is 93.1 Å². The van der Waals surface area contributed by atoms with E-state index in [1.807, 2.05) is 90.4 Å². The highest BCUT2D eigenvalue weighted by Gasteiger charge is 2.22. The average Bonchev–Trinajstić information content (AvgIpc) is 2.67. The van der Waals surface area contributed by atoms with Crippen molar-refractivity contribution in [3.05, 3.63) is 49.7 Å². The van der Waals surface area contributed by atoms with E-state index in [-0.39, 0.29) is 11.5 Å². The minimum Gasteiger partial charge on any atom is -0.506 e. The van der Waals surface area contributed by atoms with E-state index < -0.39 is 30.6 Å². The molecule has 2 rings (SSSR count). The number of hydrogen-bond acceptors (Lipinski definition) is 6. The van der Waals surface area contributed by atoms with Gasteiger partial charge in [0, 0.05) is 0 Å². The molecule has 0 aliphatic heterocycles. The third-order valence-corrected chi connectivity index (χ3v) is 7.48. The molecule has 29 heavy (non-hydrogen) atoms. The van der Waals surface area contributed by atoms with Gasteiger partial charge in [0.05, 0.1) is 26.1 Å². The molecule has 2 unspecified atom stereocenters. The average molecular weight is 848 g/mol. The van der Waals surface area contributed by atoms with Crippen LogP contribution in [-0.2, 0) is 19.1 Å². The standard InChI is InChI=1S/C19H16I4O6/c1-8(10-3-12(20)16(24)13(21)4-10)18(26)28-7-29-19(27)9(2)11-5-14(22)17(25)15(23)6-11/h3-6,8-9,24-25H,7H2,1-2H3. The molecule has 0 spiro atoms. The molecule has 0 saturated heterocycles. The summed E-state index contributed by atoms with van der Waals surface area (Å²) in [6.45, 7) is 2.89. The summed E-state index contributed by atoms with van der Waals surface area (Å²) in [5.74, 6) is -1.86. The number of phenols is 2. The fourth-order valence-corrected chi connectivity index (χ4v) is 5.97. The Morgan fingerprint density at radius 1 is 0.759 bits per heavy atom. The second-order valence-electron chi connectivity index (χ2n) is 6.15. The van der Waals surface area contributed by atoms with Crippen molar-refractivity contribution in [3.8, 4) is 11.5 Å². The molecule has 0 saturated carbocycles. The van der Waals surface area contributed by atoms with E-state index in [4.69, 9.17) is 9.47 Å². The van der Waals surface area contributed by atoms with E-state index in [0.29, 0.717) is 25.4 Å². The molecule has 10 heteroatoms. The van der Waals surface area contributed by atoms with E-state index in [1.165, 1.54) is 0 Å². The van der Waals surface area contributed by atoms with Crippen LogP contribution in [0.5, 0.6) is 11.5 Å². The van der Waals surface area contributed by atoms with Gasteiger partial charge in [0.1, 0.15) is 11.5 Å². The van der Waals surface area contributed by atoms with Gasteiger partial charge in [-0.2, -0.15) is 0 Å². The summed E-state index contributed by atoms with van der Waals surface area (Å²) < 4.78 is 12.8. The second kappa shape index (κ2) is 11.0. The van der Waals surface area contributed by atoms with Gasteiger partial charge in [-0.25, -0.2) is 0 Å². The largest absolute Gasteiger partial charge is 0.506 e. The van der Waals surface area contributed by atoms with Crippen LogP contribution in [0.2, 0.25) is 0 Å². The van der Waals surface area contributed by atoms with Crippen molar-refractivity contribution in [2.45, 2.75) is 25.7 Å². The van der Waals surface area contributed by atoms with Crippen LogP contribution in [0.1, 0.15) is 36.8 Å². The summed E-state index contributed by atoms with van der Waals surface area (Å²) in [5.41, 5.74) is 1.41. The van der Waals surface area contributed by atoms with Crippen molar-refractivity contribution in [3.63, 3.8) is 0 Å². The number of carbonyl (C=O) groups excluding carboxylic acids is 2. The molecule has 0 bridgehead atoms.